The van der Waals surface area contributed by atoms with Gasteiger partial charge in [0, 0.05) is 6.04 Å². The highest BCUT2D eigenvalue weighted by atomic mass is 19.2. The first-order valence-electron chi connectivity index (χ1n) is 5.43. The molecule has 0 aliphatic heterocycles. The van der Waals surface area contributed by atoms with Crippen molar-refractivity contribution in [3.05, 3.63) is 23.5 Å². The van der Waals surface area contributed by atoms with Crippen LogP contribution >= 0.6 is 0 Å². The molecule has 0 aliphatic carbocycles. The number of pyridine rings is 1. The first-order valence-corrected chi connectivity index (χ1v) is 5.43. The van der Waals surface area contributed by atoms with Gasteiger partial charge in [0.2, 0.25) is 11.6 Å². The molecule has 96 valence electrons. The van der Waals surface area contributed by atoms with Gasteiger partial charge in [-0.05, 0) is 13.3 Å². The molecule has 0 aromatic carbocycles. The maximum atomic E-state index is 13.2. The highest BCUT2D eigenvalue weighted by Gasteiger charge is 2.21. The molecule has 0 aliphatic rings. The summed E-state index contributed by atoms with van der Waals surface area (Å²) in [5, 5.41) is 2.42. The van der Waals surface area contributed by atoms with Crippen molar-refractivity contribution in [3.63, 3.8) is 0 Å². The molecule has 1 aromatic rings. The zero-order chi connectivity index (χ0) is 13.0. The van der Waals surface area contributed by atoms with Crippen molar-refractivity contribution in [3.8, 4) is 0 Å². The van der Waals surface area contributed by atoms with Crippen LogP contribution in [0.5, 0.6) is 0 Å². The van der Waals surface area contributed by atoms with E-state index < -0.39 is 29.2 Å². The van der Waals surface area contributed by atoms with Crippen molar-refractivity contribution in [2.45, 2.75) is 39.2 Å². The summed E-state index contributed by atoms with van der Waals surface area (Å²) in [6, 6.07) is -0.278. The van der Waals surface area contributed by atoms with E-state index in [-0.39, 0.29) is 6.04 Å². The van der Waals surface area contributed by atoms with Gasteiger partial charge in [-0.3, -0.25) is 0 Å². The Hall–Kier alpha value is -1.33. The van der Waals surface area contributed by atoms with Crippen molar-refractivity contribution in [2.24, 2.45) is 0 Å². The summed E-state index contributed by atoms with van der Waals surface area (Å²) in [4.78, 5) is 2.48. The average Bonchev–Trinajstić information content (AvgIpc) is 2.29. The van der Waals surface area contributed by atoms with Crippen molar-refractivity contribution in [1.29, 1.82) is 0 Å². The molecule has 1 unspecified atom stereocenters. The van der Waals surface area contributed by atoms with Crippen molar-refractivity contribution in [2.75, 3.05) is 5.32 Å². The van der Waals surface area contributed by atoms with Crippen LogP contribution in [0.3, 0.4) is 0 Å². The summed E-state index contributed by atoms with van der Waals surface area (Å²) in [6.07, 6.45) is 2.43. The molecule has 1 N–H and O–H groups in total. The van der Waals surface area contributed by atoms with Crippen LogP contribution < -0.4 is 5.32 Å². The lowest BCUT2D eigenvalue weighted by atomic mass is 10.1. The fourth-order valence-electron chi connectivity index (χ4n) is 1.44. The van der Waals surface area contributed by atoms with Crippen LogP contribution in [-0.2, 0) is 0 Å². The fourth-order valence-corrected chi connectivity index (χ4v) is 1.44. The third kappa shape index (κ3) is 3.31. The van der Waals surface area contributed by atoms with Gasteiger partial charge in [-0.25, -0.2) is 0 Å². The number of halogens is 4. The Labute approximate surface area is 97.1 Å². The van der Waals surface area contributed by atoms with Crippen LogP contribution in [-0.4, -0.2) is 11.0 Å². The highest BCUT2D eigenvalue weighted by molar-refractivity contribution is 5.46. The zero-order valence-corrected chi connectivity index (χ0v) is 9.66. The van der Waals surface area contributed by atoms with Gasteiger partial charge in [-0.15, -0.1) is 0 Å². The second-order valence-corrected chi connectivity index (χ2v) is 3.88. The Morgan fingerprint density at radius 2 is 1.65 bits per heavy atom. The Balaban J connectivity index is 2.90. The third-order valence-electron chi connectivity index (χ3n) is 2.38. The minimum atomic E-state index is -1.64. The van der Waals surface area contributed by atoms with Crippen molar-refractivity contribution < 1.29 is 17.6 Å². The van der Waals surface area contributed by atoms with Crippen LogP contribution in [0.15, 0.2) is 0 Å². The molecule has 0 fully saturated rings. The molecular weight excluding hydrogens is 236 g/mol. The predicted octanol–water partition coefficient (Wildman–Crippen LogP) is 3.63. The van der Waals surface area contributed by atoms with Crippen molar-refractivity contribution in [1.82, 2.24) is 4.98 Å². The molecule has 0 radical (unpaired) electrons. The number of rotatable bonds is 5. The molecular formula is C11H14F4N2. The van der Waals surface area contributed by atoms with E-state index in [9.17, 15) is 17.6 Å². The molecule has 0 spiro atoms. The predicted molar refractivity (Wildman–Crippen MR) is 56.7 cm³/mol. The summed E-state index contributed by atoms with van der Waals surface area (Å²) in [5.74, 6) is -6.28. The first-order chi connectivity index (χ1) is 7.97. The van der Waals surface area contributed by atoms with Gasteiger partial charge in [0.15, 0.2) is 0 Å². The van der Waals surface area contributed by atoms with Gasteiger partial charge in [0.25, 0.3) is 11.9 Å². The van der Waals surface area contributed by atoms with Gasteiger partial charge in [0.1, 0.15) is 5.69 Å². The minimum Gasteiger partial charge on any atom is -0.378 e. The summed E-state index contributed by atoms with van der Waals surface area (Å²) in [6.45, 7) is 3.66. The minimum absolute atomic E-state index is 0.278. The highest BCUT2D eigenvalue weighted by Crippen LogP contribution is 2.23. The number of unbranched alkanes of at least 4 members (excludes halogenated alkanes) is 1. The van der Waals surface area contributed by atoms with Gasteiger partial charge in [-0.2, -0.15) is 22.5 Å². The summed E-state index contributed by atoms with van der Waals surface area (Å²) in [5.41, 5.74) is -0.793. The number of anilines is 1. The van der Waals surface area contributed by atoms with E-state index in [1.54, 1.807) is 6.92 Å². The SMILES string of the molecule is CCCCC(C)Nc1c(F)c(F)nc(F)c1F. The van der Waals surface area contributed by atoms with E-state index in [4.69, 9.17) is 0 Å². The third-order valence-corrected chi connectivity index (χ3v) is 2.38. The lowest BCUT2D eigenvalue weighted by Crippen LogP contribution is -2.18. The van der Waals surface area contributed by atoms with Crippen LogP contribution in [0.25, 0.3) is 0 Å². The van der Waals surface area contributed by atoms with E-state index in [2.05, 4.69) is 10.3 Å². The molecule has 6 heteroatoms. The molecule has 2 nitrogen and oxygen atoms in total. The maximum absolute atomic E-state index is 13.2. The van der Waals surface area contributed by atoms with E-state index in [1.165, 1.54) is 0 Å². The van der Waals surface area contributed by atoms with Crippen LogP contribution in [0.1, 0.15) is 33.1 Å². The Bertz CT molecular complexity index is 369. The normalized spacial score (nSPS) is 12.6. The van der Waals surface area contributed by atoms with E-state index >= 15 is 0 Å². The summed E-state index contributed by atoms with van der Waals surface area (Å²) in [7, 11) is 0. The second-order valence-electron chi connectivity index (χ2n) is 3.88. The smallest absolute Gasteiger partial charge is 0.253 e. The van der Waals surface area contributed by atoms with E-state index in [0.717, 1.165) is 12.8 Å². The molecule has 1 rings (SSSR count). The Morgan fingerprint density at radius 3 is 2.12 bits per heavy atom. The van der Waals surface area contributed by atoms with Crippen LogP contribution in [0.4, 0.5) is 23.2 Å². The molecule has 0 saturated carbocycles. The monoisotopic (exact) mass is 250 g/mol. The molecule has 0 saturated heterocycles. The van der Waals surface area contributed by atoms with Crippen molar-refractivity contribution >= 4 is 5.69 Å². The van der Waals surface area contributed by atoms with E-state index in [1.807, 2.05) is 6.92 Å². The Morgan fingerprint density at radius 1 is 1.12 bits per heavy atom. The van der Waals surface area contributed by atoms with E-state index in [0.29, 0.717) is 6.42 Å². The molecule has 1 aromatic heterocycles. The average molecular weight is 250 g/mol. The number of aromatic nitrogens is 1. The number of nitrogens with one attached hydrogen (secondary N) is 1. The summed E-state index contributed by atoms with van der Waals surface area (Å²) >= 11 is 0. The van der Waals surface area contributed by atoms with Gasteiger partial charge < -0.3 is 5.32 Å². The second kappa shape index (κ2) is 5.84. The lowest BCUT2D eigenvalue weighted by molar-refractivity contribution is 0.409. The molecule has 1 atom stereocenters. The quantitative estimate of drug-likeness (QED) is 0.637. The fraction of sp³-hybridized carbons (Fsp3) is 0.545. The number of nitrogens with zero attached hydrogens (tertiary/aromatic N) is 1. The standard InChI is InChI=1S/C11H14F4N2/c1-3-4-5-6(2)16-9-7(12)10(14)17-11(15)8(9)13/h6H,3-5H2,1-2H3,(H,16,17). The van der Waals surface area contributed by atoms with Gasteiger partial charge in [-0.1, -0.05) is 19.8 Å². The zero-order valence-electron chi connectivity index (χ0n) is 9.66. The molecule has 17 heavy (non-hydrogen) atoms. The molecule has 0 amide bonds. The summed E-state index contributed by atoms with van der Waals surface area (Å²) < 4.78 is 52.0. The molecule has 0 bridgehead atoms. The Kier molecular flexibility index (Phi) is 4.72. The largest absolute Gasteiger partial charge is 0.378 e. The topological polar surface area (TPSA) is 24.9 Å². The molecule has 1 heterocycles. The first kappa shape index (κ1) is 13.7. The van der Waals surface area contributed by atoms with Gasteiger partial charge >= 0.3 is 0 Å². The van der Waals surface area contributed by atoms with Crippen LogP contribution in [0.2, 0.25) is 0 Å². The maximum Gasteiger partial charge on any atom is 0.253 e. The number of hydrogen-bond donors (Lipinski definition) is 1. The van der Waals surface area contributed by atoms with Crippen LogP contribution in [0, 0.1) is 23.5 Å². The number of hydrogen-bond acceptors (Lipinski definition) is 2. The lowest BCUT2D eigenvalue weighted by Gasteiger charge is -2.16. The van der Waals surface area contributed by atoms with Gasteiger partial charge in [0.05, 0.1) is 0 Å².